The Labute approximate surface area is 203 Å². The van der Waals surface area contributed by atoms with Gasteiger partial charge in [0.2, 0.25) is 10.0 Å². The molecule has 0 aliphatic rings. The number of nitrogens with zero attached hydrogens (tertiary/aromatic N) is 3. The number of primary sulfonamides is 1. The molecule has 0 spiro atoms. The number of hydrogen-bond donors (Lipinski definition) is 1. The van der Waals surface area contributed by atoms with E-state index in [-0.39, 0.29) is 35.8 Å². The van der Waals surface area contributed by atoms with Gasteiger partial charge in [0.1, 0.15) is 11.4 Å². The molecule has 0 unspecified atom stereocenters. The molecule has 0 aliphatic carbocycles. The summed E-state index contributed by atoms with van der Waals surface area (Å²) in [7, 11) is -3.88. The van der Waals surface area contributed by atoms with Crippen LogP contribution in [0.15, 0.2) is 71.8 Å². The summed E-state index contributed by atoms with van der Waals surface area (Å²) in [5, 5.41) is 10.1. The number of fused-ring (bicyclic) bond motifs is 1. The van der Waals surface area contributed by atoms with Crippen LogP contribution in [0, 0.1) is 0 Å². The molecule has 4 aromatic rings. The highest BCUT2D eigenvalue weighted by atomic mass is 32.2. The molecular weight excluding hydrogens is 497 g/mol. The minimum atomic E-state index is -4.65. The number of aromatic nitrogens is 3. The van der Waals surface area contributed by atoms with Crippen molar-refractivity contribution in [3.8, 4) is 0 Å². The topological polar surface area (TPSA) is 125 Å². The average molecular weight is 517 g/mol. The number of benzene rings is 2. The number of ketones is 2. The molecule has 0 amide bonds. The zero-order valence-corrected chi connectivity index (χ0v) is 19.4. The smallest absolute Gasteiger partial charge is 0.297 e. The Bertz CT molecular complexity index is 1580. The number of halogens is 3. The maximum Gasteiger partial charge on any atom is 0.433 e. The van der Waals surface area contributed by atoms with Gasteiger partial charge in [-0.25, -0.2) is 18.5 Å². The molecule has 2 aromatic heterocycles. The highest BCUT2D eigenvalue weighted by Gasteiger charge is 2.32. The lowest BCUT2D eigenvalue weighted by Gasteiger charge is -2.07. The largest absolute Gasteiger partial charge is 0.433 e. The zero-order valence-electron chi connectivity index (χ0n) is 18.6. The van der Waals surface area contributed by atoms with Gasteiger partial charge in [-0.2, -0.15) is 18.3 Å². The van der Waals surface area contributed by atoms with Crippen molar-refractivity contribution in [3.63, 3.8) is 0 Å². The number of carbonyl (C=O) groups is 2. The van der Waals surface area contributed by atoms with Crippen molar-refractivity contribution >= 4 is 32.5 Å². The SMILES string of the molecule is NS(=O)(=O)c1cccc(CC(=O)Cn2cc3cc(CC(=O)c4cccc(C(F)(F)F)n4)ccc3n2)c1. The van der Waals surface area contributed by atoms with E-state index in [0.29, 0.717) is 22.0 Å². The van der Waals surface area contributed by atoms with Crippen molar-refractivity contribution in [2.45, 2.75) is 30.5 Å². The van der Waals surface area contributed by atoms with Crippen LogP contribution in [0.5, 0.6) is 0 Å². The number of pyridine rings is 1. The first kappa shape index (κ1) is 25.2. The van der Waals surface area contributed by atoms with E-state index in [1.807, 2.05) is 0 Å². The monoisotopic (exact) mass is 516 g/mol. The van der Waals surface area contributed by atoms with Gasteiger partial charge in [-0.3, -0.25) is 14.3 Å². The molecule has 0 atom stereocenters. The summed E-state index contributed by atoms with van der Waals surface area (Å²) in [6.07, 6.45) is -3.21. The first-order valence-corrected chi connectivity index (χ1v) is 12.1. The Hall–Kier alpha value is -3.90. The fraction of sp³-hybridized carbons (Fsp3) is 0.167. The first-order valence-electron chi connectivity index (χ1n) is 10.6. The molecule has 0 saturated heterocycles. The van der Waals surface area contributed by atoms with Crippen LogP contribution in [0.2, 0.25) is 0 Å². The number of alkyl halides is 3. The standard InChI is InChI=1S/C24H19F3N4O4S/c25-24(26,27)23-6-2-5-21(29-23)22(33)12-16-7-8-20-17(9-16)13-31(30-20)14-18(32)10-15-3-1-4-19(11-15)36(28,34)35/h1-9,11,13H,10,12,14H2,(H2,28,34,35). The molecule has 8 nitrogen and oxygen atoms in total. The number of sulfonamides is 1. The molecule has 0 bridgehead atoms. The summed E-state index contributed by atoms with van der Waals surface area (Å²) in [6, 6.07) is 13.9. The number of nitrogens with two attached hydrogens (primary N) is 1. The predicted octanol–water partition coefficient (Wildman–Crippen LogP) is 3.33. The quantitative estimate of drug-likeness (QED) is 0.358. The van der Waals surface area contributed by atoms with E-state index in [2.05, 4.69) is 10.1 Å². The summed E-state index contributed by atoms with van der Waals surface area (Å²) in [5.74, 6) is -0.787. The third-order valence-corrected chi connectivity index (χ3v) is 6.18. The lowest BCUT2D eigenvalue weighted by Crippen LogP contribution is -2.15. The van der Waals surface area contributed by atoms with E-state index in [1.165, 1.54) is 28.9 Å². The average Bonchev–Trinajstić information content (AvgIpc) is 3.19. The van der Waals surface area contributed by atoms with E-state index < -0.39 is 27.7 Å². The Morgan fingerprint density at radius 1 is 0.944 bits per heavy atom. The number of rotatable bonds is 8. The van der Waals surface area contributed by atoms with E-state index in [1.54, 1.807) is 30.5 Å². The Morgan fingerprint density at radius 2 is 1.67 bits per heavy atom. The van der Waals surface area contributed by atoms with Crippen LogP contribution in [-0.2, 0) is 40.4 Å². The second-order valence-electron chi connectivity index (χ2n) is 8.13. The molecule has 0 fully saturated rings. The van der Waals surface area contributed by atoms with Gasteiger partial charge in [0.05, 0.1) is 17.0 Å². The van der Waals surface area contributed by atoms with Crippen LogP contribution in [0.4, 0.5) is 13.2 Å². The molecule has 0 radical (unpaired) electrons. The van der Waals surface area contributed by atoms with Crippen molar-refractivity contribution in [1.29, 1.82) is 0 Å². The van der Waals surface area contributed by atoms with E-state index in [4.69, 9.17) is 5.14 Å². The maximum atomic E-state index is 12.9. The summed E-state index contributed by atoms with van der Waals surface area (Å²) in [5.41, 5.74) is 0.195. The van der Waals surface area contributed by atoms with Crippen molar-refractivity contribution in [2.75, 3.05) is 0 Å². The molecule has 2 aromatic carbocycles. The summed E-state index contributed by atoms with van der Waals surface area (Å²) >= 11 is 0. The van der Waals surface area contributed by atoms with Crippen LogP contribution in [0.1, 0.15) is 27.3 Å². The van der Waals surface area contributed by atoms with E-state index in [9.17, 15) is 31.2 Å². The molecule has 0 saturated carbocycles. The highest BCUT2D eigenvalue weighted by Crippen LogP contribution is 2.27. The third-order valence-electron chi connectivity index (χ3n) is 5.27. The molecule has 12 heteroatoms. The molecular formula is C24H19F3N4O4S. The van der Waals surface area contributed by atoms with Crippen LogP contribution < -0.4 is 5.14 Å². The summed E-state index contributed by atoms with van der Waals surface area (Å²) in [4.78, 5) is 28.4. The van der Waals surface area contributed by atoms with Gasteiger partial charge in [0, 0.05) is 24.4 Å². The highest BCUT2D eigenvalue weighted by molar-refractivity contribution is 7.89. The minimum Gasteiger partial charge on any atom is -0.297 e. The van der Waals surface area contributed by atoms with Crippen LogP contribution in [0.25, 0.3) is 10.9 Å². The molecule has 2 N–H and O–H groups in total. The van der Waals surface area contributed by atoms with Gasteiger partial charge < -0.3 is 0 Å². The third kappa shape index (κ3) is 6.01. The van der Waals surface area contributed by atoms with Gasteiger partial charge in [-0.15, -0.1) is 0 Å². The number of hydrogen-bond acceptors (Lipinski definition) is 6. The zero-order chi connectivity index (χ0) is 26.1. The van der Waals surface area contributed by atoms with Gasteiger partial charge in [-0.1, -0.05) is 24.3 Å². The maximum absolute atomic E-state index is 12.9. The predicted molar refractivity (Wildman–Crippen MR) is 124 cm³/mol. The van der Waals surface area contributed by atoms with Crippen LogP contribution >= 0.6 is 0 Å². The second kappa shape index (κ2) is 9.63. The lowest BCUT2D eigenvalue weighted by atomic mass is 10.0. The molecule has 186 valence electrons. The van der Waals surface area contributed by atoms with Crippen molar-refractivity contribution in [3.05, 3.63) is 89.4 Å². The van der Waals surface area contributed by atoms with Crippen LogP contribution in [0.3, 0.4) is 0 Å². The first-order chi connectivity index (χ1) is 16.9. The lowest BCUT2D eigenvalue weighted by molar-refractivity contribution is -0.141. The van der Waals surface area contributed by atoms with Gasteiger partial charge in [0.15, 0.2) is 11.6 Å². The Kier molecular flexibility index (Phi) is 6.74. The molecule has 4 rings (SSSR count). The van der Waals surface area contributed by atoms with E-state index in [0.717, 1.165) is 12.1 Å². The van der Waals surface area contributed by atoms with Gasteiger partial charge in [0.25, 0.3) is 0 Å². The Morgan fingerprint density at radius 3 is 2.39 bits per heavy atom. The van der Waals surface area contributed by atoms with Crippen LogP contribution in [-0.4, -0.2) is 34.7 Å². The number of Topliss-reactive ketones (excluding diaryl/α,β-unsaturated/α-hetero) is 2. The molecule has 36 heavy (non-hydrogen) atoms. The summed E-state index contributed by atoms with van der Waals surface area (Å²) < 4.78 is 63.1. The van der Waals surface area contributed by atoms with Crippen molar-refractivity contribution < 1.29 is 31.2 Å². The normalized spacial score (nSPS) is 12.1. The van der Waals surface area contributed by atoms with Crippen molar-refractivity contribution in [1.82, 2.24) is 14.8 Å². The molecule has 0 aliphatic heterocycles. The number of carbonyl (C=O) groups excluding carboxylic acids is 2. The van der Waals surface area contributed by atoms with Gasteiger partial charge >= 0.3 is 6.18 Å². The summed E-state index contributed by atoms with van der Waals surface area (Å²) in [6.45, 7) is -0.0727. The molecule has 2 heterocycles. The fourth-order valence-corrected chi connectivity index (χ4v) is 4.22. The van der Waals surface area contributed by atoms with E-state index >= 15 is 0 Å². The fourth-order valence-electron chi connectivity index (χ4n) is 3.64. The van der Waals surface area contributed by atoms with Crippen molar-refractivity contribution in [2.24, 2.45) is 5.14 Å². The van der Waals surface area contributed by atoms with Gasteiger partial charge in [-0.05, 0) is 47.5 Å². The second-order valence-corrected chi connectivity index (χ2v) is 9.69. The Balaban J connectivity index is 1.45. The minimum absolute atomic E-state index is 0.0245.